The number of benzene rings is 1. The molecular weight excluding hydrogens is 376 g/mol. The zero-order valence-corrected chi connectivity index (χ0v) is 18.5. The Balaban J connectivity index is 1.59. The van der Waals surface area contributed by atoms with E-state index in [4.69, 9.17) is 4.98 Å². The molecule has 1 aromatic heterocycles. The Hall–Kier alpha value is -2.37. The molecule has 1 N–H and O–H groups in total. The maximum atomic E-state index is 13.0. The molecule has 6 nitrogen and oxygen atoms in total. The third-order valence-electron chi connectivity index (χ3n) is 5.89. The predicted octanol–water partition coefficient (Wildman–Crippen LogP) is 3.92. The number of carbonyl (C=O) groups excluding carboxylic acids is 2. The van der Waals surface area contributed by atoms with Crippen LogP contribution < -0.4 is 5.32 Å². The van der Waals surface area contributed by atoms with Gasteiger partial charge in [-0.25, -0.2) is 4.98 Å². The van der Waals surface area contributed by atoms with Gasteiger partial charge in [-0.15, -0.1) is 0 Å². The highest BCUT2D eigenvalue weighted by Gasteiger charge is 2.19. The Morgan fingerprint density at radius 1 is 1.03 bits per heavy atom. The fourth-order valence-electron chi connectivity index (χ4n) is 4.05. The van der Waals surface area contributed by atoms with Crippen molar-refractivity contribution >= 4 is 22.8 Å². The Bertz CT molecular complexity index is 835. The molecule has 30 heavy (non-hydrogen) atoms. The second-order valence-electron chi connectivity index (χ2n) is 8.65. The predicted molar refractivity (Wildman–Crippen MR) is 120 cm³/mol. The summed E-state index contributed by atoms with van der Waals surface area (Å²) in [4.78, 5) is 31.5. The van der Waals surface area contributed by atoms with Crippen LogP contribution in [0.2, 0.25) is 0 Å². The minimum atomic E-state index is 0.0339. The van der Waals surface area contributed by atoms with E-state index in [9.17, 15) is 9.59 Å². The van der Waals surface area contributed by atoms with E-state index in [1.54, 1.807) is 0 Å². The van der Waals surface area contributed by atoms with Crippen LogP contribution in [0, 0.1) is 5.92 Å². The van der Waals surface area contributed by atoms with Gasteiger partial charge in [-0.05, 0) is 37.8 Å². The molecule has 1 aromatic carbocycles. The van der Waals surface area contributed by atoms with Crippen molar-refractivity contribution in [3.63, 3.8) is 0 Å². The molecule has 164 valence electrons. The van der Waals surface area contributed by atoms with Gasteiger partial charge >= 0.3 is 0 Å². The van der Waals surface area contributed by atoms with Gasteiger partial charge in [0, 0.05) is 32.0 Å². The van der Waals surface area contributed by atoms with Crippen LogP contribution in [0.1, 0.15) is 64.6 Å². The molecule has 0 radical (unpaired) electrons. The molecule has 1 saturated heterocycles. The molecule has 1 aliphatic heterocycles. The van der Waals surface area contributed by atoms with E-state index in [0.29, 0.717) is 6.54 Å². The number of carbonyl (C=O) groups is 2. The SMILES string of the molecule is CC(C)C(=O)NCCCCCc1nc2ccccc2n1CC(=O)N1CCCCCC1. The molecule has 6 heteroatoms. The van der Waals surface area contributed by atoms with Crippen molar-refractivity contribution in [1.29, 1.82) is 0 Å². The lowest BCUT2D eigenvalue weighted by Gasteiger charge is -2.21. The van der Waals surface area contributed by atoms with Gasteiger partial charge in [0.25, 0.3) is 0 Å². The molecule has 3 rings (SSSR count). The molecule has 0 aliphatic carbocycles. The number of amides is 2. The topological polar surface area (TPSA) is 67.2 Å². The van der Waals surface area contributed by atoms with Gasteiger partial charge in [0.2, 0.25) is 11.8 Å². The molecule has 1 aliphatic rings. The molecule has 0 unspecified atom stereocenters. The van der Waals surface area contributed by atoms with Crippen molar-refractivity contribution in [3.05, 3.63) is 30.1 Å². The maximum Gasteiger partial charge on any atom is 0.242 e. The van der Waals surface area contributed by atoms with E-state index >= 15 is 0 Å². The number of nitrogens with zero attached hydrogens (tertiary/aromatic N) is 3. The normalized spacial score (nSPS) is 14.8. The minimum Gasteiger partial charge on any atom is -0.356 e. The van der Waals surface area contributed by atoms with Crippen molar-refractivity contribution in [2.24, 2.45) is 5.92 Å². The summed E-state index contributed by atoms with van der Waals surface area (Å²) in [6, 6.07) is 8.09. The Morgan fingerprint density at radius 2 is 1.77 bits per heavy atom. The lowest BCUT2D eigenvalue weighted by Crippen LogP contribution is -2.34. The number of nitrogens with one attached hydrogen (secondary N) is 1. The van der Waals surface area contributed by atoms with Gasteiger partial charge in [0.1, 0.15) is 12.4 Å². The summed E-state index contributed by atoms with van der Waals surface area (Å²) >= 11 is 0. The smallest absolute Gasteiger partial charge is 0.242 e. The maximum absolute atomic E-state index is 13.0. The lowest BCUT2D eigenvalue weighted by atomic mass is 10.1. The van der Waals surface area contributed by atoms with Crippen molar-refractivity contribution in [3.8, 4) is 0 Å². The second-order valence-corrected chi connectivity index (χ2v) is 8.65. The number of hydrogen-bond donors (Lipinski definition) is 1. The van der Waals surface area contributed by atoms with Gasteiger partial charge in [0.05, 0.1) is 11.0 Å². The van der Waals surface area contributed by atoms with Crippen molar-refractivity contribution < 1.29 is 9.59 Å². The quantitative estimate of drug-likeness (QED) is 0.635. The number of hydrogen-bond acceptors (Lipinski definition) is 3. The van der Waals surface area contributed by atoms with E-state index in [2.05, 4.69) is 16.0 Å². The van der Waals surface area contributed by atoms with Gasteiger partial charge < -0.3 is 14.8 Å². The van der Waals surface area contributed by atoms with Crippen LogP contribution in [0.25, 0.3) is 11.0 Å². The summed E-state index contributed by atoms with van der Waals surface area (Å²) in [6.45, 7) is 6.67. The molecule has 0 atom stereocenters. The van der Waals surface area contributed by atoms with Crippen LogP contribution in [-0.2, 0) is 22.6 Å². The number of aryl methyl sites for hydroxylation is 1. The second kappa shape index (κ2) is 11.1. The Morgan fingerprint density at radius 3 is 2.50 bits per heavy atom. The number of imidazole rings is 1. The highest BCUT2D eigenvalue weighted by Crippen LogP contribution is 2.19. The molecule has 2 aromatic rings. The summed E-state index contributed by atoms with van der Waals surface area (Å²) in [5.74, 6) is 1.35. The number of unbranched alkanes of at least 4 members (excludes halogenated alkanes) is 2. The van der Waals surface area contributed by atoms with Crippen LogP contribution in [0.4, 0.5) is 0 Å². The lowest BCUT2D eigenvalue weighted by molar-refractivity contribution is -0.131. The summed E-state index contributed by atoms with van der Waals surface area (Å²) in [5.41, 5.74) is 2.00. The van der Waals surface area contributed by atoms with E-state index in [0.717, 1.165) is 75.0 Å². The van der Waals surface area contributed by atoms with Crippen molar-refractivity contribution in [2.75, 3.05) is 19.6 Å². The number of para-hydroxylation sites is 2. The van der Waals surface area contributed by atoms with Gasteiger partial charge in [0.15, 0.2) is 0 Å². The molecule has 2 heterocycles. The van der Waals surface area contributed by atoms with Crippen LogP contribution in [0.5, 0.6) is 0 Å². The summed E-state index contributed by atoms with van der Waals surface area (Å²) in [7, 11) is 0. The minimum absolute atomic E-state index is 0.0339. The first-order chi connectivity index (χ1) is 14.6. The summed E-state index contributed by atoms with van der Waals surface area (Å²) in [6.07, 6.45) is 8.50. The van der Waals surface area contributed by atoms with E-state index in [-0.39, 0.29) is 17.7 Å². The fraction of sp³-hybridized carbons (Fsp3) is 0.625. The van der Waals surface area contributed by atoms with E-state index in [1.807, 2.05) is 36.9 Å². The molecule has 0 saturated carbocycles. The number of aromatic nitrogens is 2. The summed E-state index contributed by atoms with van der Waals surface area (Å²) < 4.78 is 2.11. The van der Waals surface area contributed by atoms with Crippen molar-refractivity contribution in [2.45, 2.75) is 71.8 Å². The van der Waals surface area contributed by atoms with Crippen LogP contribution in [0.15, 0.2) is 24.3 Å². The first-order valence-corrected chi connectivity index (χ1v) is 11.6. The zero-order valence-electron chi connectivity index (χ0n) is 18.5. The number of rotatable bonds is 9. The molecular formula is C24H36N4O2. The number of fused-ring (bicyclic) bond motifs is 1. The fourth-order valence-corrected chi connectivity index (χ4v) is 4.05. The third-order valence-corrected chi connectivity index (χ3v) is 5.89. The first-order valence-electron chi connectivity index (χ1n) is 11.6. The van der Waals surface area contributed by atoms with Crippen LogP contribution >= 0.6 is 0 Å². The van der Waals surface area contributed by atoms with E-state index < -0.39 is 0 Å². The Labute approximate surface area is 180 Å². The van der Waals surface area contributed by atoms with Crippen LogP contribution in [0.3, 0.4) is 0 Å². The van der Waals surface area contributed by atoms with Gasteiger partial charge in [-0.1, -0.05) is 45.2 Å². The van der Waals surface area contributed by atoms with Gasteiger partial charge in [-0.2, -0.15) is 0 Å². The average Bonchev–Trinajstić information content (AvgIpc) is 2.91. The van der Waals surface area contributed by atoms with Crippen LogP contribution in [-0.4, -0.2) is 45.9 Å². The monoisotopic (exact) mass is 412 g/mol. The molecule has 0 bridgehead atoms. The Kier molecular flexibility index (Phi) is 8.29. The third kappa shape index (κ3) is 6.07. The average molecular weight is 413 g/mol. The van der Waals surface area contributed by atoms with Gasteiger partial charge in [-0.3, -0.25) is 9.59 Å². The van der Waals surface area contributed by atoms with Crippen molar-refractivity contribution in [1.82, 2.24) is 19.8 Å². The standard InChI is InChI=1S/C24H36N4O2/c1-19(2)24(30)25-15-9-5-6-14-22-26-20-12-7-8-13-21(20)28(22)18-23(29)27-16-10-3-4-11-17-27/h7-8,12-13,19H,3-6,9-11,14-18H2,1-2H3,(H,25,30). The largest absolute Gasteiger partial charge is 0.356 e. The highest BCUT2D eigenvalue weighted by atomic mass is 16.2. The summed E-state index contributed by atoms with van der Waals surface area (Å²) in [5, 5.41) is 2.97. The number of likely N-dealkylation sites (tertiary alicyclic amines) is 1. The first kappa shape index (κ1) is 22.3. The highest BCUT2D eigenvalue weighted by molar-refractivity contribution is 5.81. The van der Waals surface area contributed by atoms with E-state index in [1.165, 1.54) is 12.8 Å². The molecule has 2 amide bonds. The zero-order chi connectivity index (χ0) is 21.3. The molecule has 0 spiro atoms. The molecule has 1 fully saturated rings.